The summed E-state index contributed by atoms with van der Waals surface area (Å²) in [6.07, 6.45) is 4.46. The first-order valence-corrected chi connectivity index (χ1v) is 5.88. The predicted molar refractivity (Wildman–Crippen MR) is 57.6 cm³/mol. The van der Waals surface area contributed by atoms with Gasteiger partial charge < -0.3 is 0 Å². The Hall–Kier alpha value is 0. The zero-order chi connectivity index (χ0) is 9.85. The van der Waals surface area contributed by atoms with Crippen molar-refractivity contribution in [1.29, 1.82) is 0 Å². The Balaban J connectivity index is 2.29. The van der Waals surface area contributed by atoms with Crippen LogP contribution in [0.1, 0.15) is 53.9 Å². The molecule has 2 rings (SSSR count). The number of hydrogen-bond acceptors (Lipinski definition) is 0. The molecule has 3 atom stereocenters. The maximum atomic E-state index is 2.52. The Labute approximate surface area is 83.1 Å². The van der Waals surface area contributed by atoms with E-state index in [1.165, 1.54) is 19.3 Å². The molecule has 13 heavy (non-hydrogen) atoms. The van der Waals surface area contributed by atoms with Crippen LogP contribution in [0.2, 0.25) is 0 Å². The van der Waals surface area contributed by atoms with E-state index in [9.17, 15) is 0 Å². The fraction of sp³-hybridized carbons (Fsp3) is 1.00. The third-order valence-electron chi connectivity index (χ3n) is 5.55. The molecule has 2 saturated carbocycles. The maximum absolute atomic E-state index is 2.52. The van der Waals surface area contributed by atoms with E-state index in [0.717, 1.165) is 17.8 Å². The standard InChI is InChI=1S/C13H24/c1-9(2)10-8-13(5)7-6-11(10)12(13,3)4/h9-11H,6-8H2,1-5H3/t10-,11+,13-/m0/s1. The predicted octanol–water partition coefficient (Wildman–Crippen LogP) is 4.10. The van der Waals surface area contributed by atoms with E-state index >= 15 is 0 Å². The lowest BCUT2D eigenvalue weighted by atomic mass is 9.71. The Morgan fingerprint density at radius 3 is 2.00 bits per heavy atom. The van der Waals surface area contributed by atoms with Gasteiger partial charge in [-0.25, -0.2) is 0 Å². The van der Waals surface area contributed by atoms with Crippen LogP contribution in [0, 0.1) is 28.6 Å². The van der Waals surface area contributed by atoms with Crippen molar-refractivity contribution in [2.45, 2.75) is 53.9 Å². The number of fused-ring (bicyclic) bond motifs is 2. The molecule has 0 aromatic heterocycles. The topological polar surface area (TPSA) is 0 Å². The minimum absolute atomic E-state index is 0.613. The van der Waals surface area contributed by atoms with E-state index in [1.807, 2.05) is 0 Å². The van der Waals surface area contributed by atoms with Gasteiger partial charge in [-0.2, -0.15) is 0 Å². The molecule has 76 valence electrons. The molecule has 0 unspecified atom stereocenters. The van der Waals surface area contributed by atoms with E-state index in [-0.39, 0.29) is 0 Å². The number of hydrogen-bond donors (Lipinski definition) is 0. The van der Waals surface area contributed by atoms with Crippen molar-refractivity contribution in [2.75, 3.05) is 0 Å². The Kier molecular flexibility index (Phi) is 1.85. The van der Waals surface area contributed by atoms with Gasteiger partial charge in [-0.05, 0) is 47.8 Å². The van der Waals surface area contributed by atoms with Crippen LogP contribution in [0.5, 0.6) is 0 Å². The summed E-state index contributed by atoms with van der Waals surface area (Å²) in [6.45, 7) is 12.4. The van der Waals surface area contributed by atoms with E-state index in [2.05, 4.69) is 34.6 Å². The second-order valence-electron chi connectivity index (χ2n) is 6.54. The van der Waals surface area contributed by atoms with E-state index in [4.69, 9.17) is 0 Å². The van der Waals surface area contributed by atoms with Crippen LogP contribution in [0.15, 0.2) is 0 Å². The lowest BCUT2D eigenvalue weighted by molar-refractivity contribution is 0.151. The van der Waals surface area contributed by atoms with Crippen molar-refractivity contribution in [2.24, 2.45) is 28.6 Å². The lowest BCUT2D eigenvalue weighted by Crippen LogP contribution is -2.26. The summed E-state index contributed by atoms with van der Waals surface area (Å²) in [6, 6.07) is 0. The molecular formula is C13H24. The minimum atomic E-state index is 0.613. The molecule has 2 bridgehead atoms. The fourth-order valence-electron chi connectivity index (χ4n) is 4.08. The zero-order valence-corrected chi connectivity index (χ0v) is 9.85. The molecule has 0 heteroatoms. The normalized spacial score (nSPS) is 47.5. The molecule has 0 spiro atoms. The molecule has 0 nitrogen and oxygen atoms in total. The summed E-state index contributed by atoms with van der Waals surface area (Å²) >= 11 is 0. The molecule has 2 aliphatic carbocycles. The van der Waals surface area contributed by atoms with Crippen LogP contribution in [0.25, 0.3) is 0 Å². The molecular weight excluding hydrogens is 156 g/mol. The second-order valence-corrected chi connectivity index (χ2v) is 6.54. The van der Waals surface area contributed by atoms with Crippen LogP contribution >= 0.6 is 0 Å². The van der Waals surface area contributed by atoms with Crippen molar-refractivity contribution in [3.8, 4) is 0 Å². The lowest BCUT2D eigenvalue weighted by Gasteiger charge is -2.34. The average Bonchev–Trinajstić information content (AvgIpc) is 2.34. The second kappa shape index (κ2) is 2.52. The summed E-state index contributed by atoms with van der Waals surface area (Å²) < 4.78 is 0. The van der Waals surface area contributed by atoms with Crippen molar-refractivity contribution in [1.82, 2.24) is 0 Å². The molecule has 0 radical (unpaired) electrons. The van der Waals surface area contributed by atoms with Gasteiger partial charge in [-0.15, -0.1) is 0 Å². The van der Waals surface area contributed by atoms with Crippen LogP contribution in [0.3, 0.4) is 0 Å². The first-order valence-electron chi connectivity index (χ1n) is 5.88. The molecule has 0 heterocycles. The maximum Gasteiger partial charge on any atom is -0.0269 e. The van der Waals surface area contributed by atoms with Crippen LogP contribution in [-0.2, 0) is 0 Å². The highest BCUT2D eigenvalue weighted by atomic mass is 14.6. The molecule has 0 saturated heterocycles. The summed E-state index contributed by atoms with van der Waals surface area (Å²) in [4.78, 5) is 0. The molecule has 2 fully saturated rings. The van der Waals surface area contributed by atoms with Crippen LogP contribution in [0.4, 0.5) is 0 Å². The first kappa shape index (κ1) is 9.55. The van der Waals surface area contributed by atoms with Gasteiger partial charge >= 0.3 is 0 Å². The van der Waals surface area contributed by atoms with E-state index in [1.54, 1.807) is 0 Å². The quantitative estimate of drug-likeness (QED) is 0.570. The fourth-order valence-corrected chi connectivity index (χ4v) is 4.08. The summed E-state index contributed by atoms with van der Waals surface area (Å²) in [5.74, 6) is 2.91. The summed E-state index contributed by atoms with van der Waals surface area (Å²) in [5, 5.41) is 0. The highest BCUT2D eigenvalue weighted by molar-refractivity contribution is 5.09. The average molecular weight is 180 g/mol. The summed E-state index contributed by atoms with van der Waals surface area (Å²) in [7, 11) is 0. The molecule has 2 aliphatic rings. The van der Waals surface area contributed by atoms with Crippen LogP contribution in [-0.4, -0.2) is 0 Å². The zero-order valence-electron chi connectivity index (χ0n) is 9.85. The minimum Gasteiger partial charge on any atom is -0.0625 e. The SMILES string of the molecule is CC(C)[C@@H]1C[C@]2(C)CC[C@H]1C2(C)C. The summed E-state index contributed by atoms with van der Waals surface area (Å²) in [5.41, 5.74) is 1.27. The Morgan fingerprint density at radius 2 is 1.77 bits per heavy atom. The van der Waals surface area contributed by atoms with Gasteiger partial charge in [0.15, 0.2) is 0 Å². The van der Waals surface area contributed by atoms with Gasteiger partial charge in [0.2, 0.25) is 0 Å². The largest absolute Gasteiger partial charge is 0.0625 e. The van der Waals surface area contributed by atoms with Crippen molar-refractivity contribution in [3.63, 3.8) is 0 Å². The molecule has 0 aromatic rings. The first-order chi connectivity index (χ1) is 5.88. The van der Waals surface area contributed by atoms with Gasteiger partial charge in [-0.3, -0.25) is 0 Å². The Morgan fingerprint density at radius 1 is 1.15 bits per heavy atom. The molecule has 0 amide bonds. The number of rotatable bonds is 1. The van der Waals surface area contributed by atoms with Gasteiger partial charge in [0, 0.05) is 0 Å². The highest BCUT2D eigenvalue weighted by Crippen LogP contribution is 2.68. The molecule has 0 N–H and O–H groups in total. The third-order valence-corrected chi connectivity index (χ3v) is 5.55. The van der Waals surface area contributed by atoms with Crippen molar-refractivity contribution < 1.29 is 0 Å². The molecule has 0 aliphatic heterocycles. The molecule has 0 aromatic carbocycles. The van der Waals surface area contributed by atoms with Gasteiger partial charge in [0.25, 0.3) is 0 Å². The van der Waals surface area contributed by atoms with E-state index in [0.29, 0.717) is 10.8 Å². The smallest absolute Gasteiger partial charge is 0.0269 e. The van der Waals surface area contributed by atoms with E-state index < -0.39 is 0 Å². The van der Waals surface area contributed by atoms with Gasteiger partial charge in [0.1, 0.15) is 0 Å². The van der Waals surface area contributed by atoms with Crippen LogP contribution < -0.4 is 0 Å². The monoisotopic (exact) mass is 180 g/mol. The Bertz CT molecular complexity index is 211. The van der Waals surface area contributed by atoms with Crippen molar-refractivity contribution in [3.05, 3.63) is 0 Å². The van der Waals surface area contributed by atoms with Gasteiger partial charge in [0.05, 0.1) is 0 Å². The van der Waals surface area contributed by atoms with Crippen molar-refractivity contribution >= 4 is 0 Å². The van der Waals surface area contributed by atoms with Gasteiger partial charge in [-0.1, -0.05) is 34.6 Å². The highest BCUT2D eigenvalue weighted by Gasteiger charge is 2.60. The third kappa shape index (κ3) is 1.04.